The van der Waals surface area contributed by atoms with Gasteiger partial charge in [0.1, 0.15) is 0 Å². The lowest BCUT2D eigenvalue weighted by Crippen LogP contribution is -1.95. The Labute approximate surface area is 73.0 Å². The Morgan fingerprint density at radius 2 is 2.00 bits per heavy atom. The number of nitrogens with one attached hydrogen (secondary N) is 2. The number of anilines is 2. The molecule has 0 aliphatic rings. The molecular weight excluding hydrogens is 173 g/mol. The molecule has 0 fully saturated rings. The Morgan fingerprint density at radius 1 is 1.23 bits per heavy atom. The van der Waals surface area contributed by atoms with E-state index in [4.69, 9.17) is 0 Å². The number of halogens is 1. The van der Waals surface area contributed by atoms with E-state index < -0.39 is 5.82 Å². The first-order valence-electron chi connectivity index (χ1n) is 3.58. The molecule has 0 aliphatic carbocycles. The van der Waals surface area contributed by atoms with Gasteiger partial charge in [0.15, 0.2) is 5.82 Å². The van der Waals surface area contributed by atoms with E-state index in [0.717, 1.165) is 18.1 Å². The van der Waals surface area contributed by atoms with Crippen LogP contribution in [-0.4, -0.2) is 20.2 Å². The lowest BCUT2D eigenvalue weighted by atomic mass is 10.5. The van der Waals surface area contributed by atoms with Gasteiger partial charge in [0.25, 0.3) is 0 Å². The topological polar surface area (TPSA) is 66.5 Å². The third-order valence-corrected chi connectivity index (χ3v) is 1.37. The molecule has 13 heavy (non-hydrogen) atoms. The molecule has 0 radical (unpaired) electrons. The Hall–Kier alpha value is -1.98. The summed E-state index contributed by atoms with van der Waals surface area (Å²) in [5.41, 5.74) is 0.728. The summed E-state index contributed by atoms with van der Waals surface area (Å²) in [5, 5.41) is 9.17. The van der Waals surface area contributed by atoms with Crippen LogP contribution in [0.15, 0.2) is 24.8 Å². The van der Waals surface area contributed by atoms with Gasteiger partial charge in [-0.2, -0.15) is 5.10 Å². The largest absolute Gasteiger partial charge is 0.321 e. The van der Waals surface area contributed by atoms with Gasteiger partial charge in [-0.15, -0.1) is 0 Å². The Balaban J connectivity index is 2.15. The number of hydrogen-bond donors (Lipinski definition) is 2. The standard InChI is InChI=1S/C7H6FN5/c8-5-1-9-7(10-2-5)13-6-3-11-12-4-6/h1-4H,(H,11,12)(H,9,10,13). The zero-order valence-electron chi connectivity index (χ0n) is 6.53. The van der Waals surface area contributed by atoms with E-state index in [-0.39, 0.29) is 0 Å². The van der Waals surface area contributed by atoms with Crippen LogP contribution in [0.1, 0.15) is 0 Å². The first-order chi connectivity index (χ1) is 6.34. The van der Waals surface area contributed by atoms with Crippen molar-refractivity contribution < 1.29 is 4.39 Å². The molecular formula is C7H6FN5. The van der Waals surface area contributed by atoms with Gasteiger partial charge in [-0.3, -0.25) is 5.10 Å². The van der Waals surface area contributed by atoms with Gasteiger partial charge >= 0.3 is 0 Å². The first kappa shape index (κ1) is 7.66. The molecule has 0 aromatic carbocycles. The molecule has 0 atom stereocenters. The highest BCUT2D eigenvalue weighted by Gasteiger charge is 1.97. The van der Waals surface area contributed by atoms with Crippen LogP contribution in [0.25, 0.3) is 0 Å². The van der Waals surface area contributed by atoms with Crippen molar-refractivity contribution in [3.05, 3.63) is 30.6 Å². The summed E-state index contributed by atoms with van der Waals surface area (Å²) < 4.78 is 12.4. The highest BCUT2D eigenvalue weighted by atomic mass is 19.1. The number of H-pyrrole nitrogens is 1. The van der Waals surface area contributed by atoms with Crippen molar-refractivity contribution in [3.63, 3.8) is 0 Å². The molecule has 0 saturated carbocycles. The third kappa shape index (κ3) is 1.78. The summed E-state index contributed by atoms with van der Waals surface area (Å²) in [4.78, 5) is 7.43. The molecule has 0 amide bonds. The molecule has 0 bridgehead atoms. The fourth-order valence-corrected chi connectivity index (χ4v) is 0.825. The average molecular weight is 179 g/mol. The normalized spacial score (nSPS) is 9.92. The highest BCUT2D eigenvalue weighted by molar-refractivity contribution is 5.49. The zero-order chi connectivity index (χ0) is 9.10. The molecule has 0 spiro atoms. The molecule has 2 N–H and O–H groups in total. The monoisotopic (exact) mass is 179 g/mol. The van der Waals surface area contributed by atoms with Crippen LogP contribution >= 0.6 is 0 Å². The maximum Gasteiger partial charge on any atom is 0.227 e. The van der Waals surface area contributed by atoms with Crippen LogP contribution in [0, 0.1) is 5.82 Å². The van der Waals surface area contributed by atoms with Gasteiger partial charge in [-0.25, -0.2) is 14.4 Å². The summed E-state index contributed by atoms with van der Waals surface area (Å²) >= 11 is 0. The molecule has 2 aromatic heterocycles. The van der Waals surface area contributed by atoms with E-state index in [0.29, 0.717) is 5.95 Å². The second kappa shape index (κ2) is 3.18. The molecule has 5 nitrogen and oxygen atoms in total. The predicted molar refractivity (Wildman–Crippen MR) is 43.9 cm³/mol. The number of rotatable bonds is 2. The van der Waals surface area contributed by atoms with Crippen molar-refractivity contribution in [1.29, 1.82) is 0 Å². The van der Waals surface area contributed by atoms with Gasteiger partial charge in [-0.05, 0) is 0 Å². The number of aromatic nitrogens is 4. The van der Waals surface area contributed by atoms with E-state index in [9.17, 15) is 4.39 Å². The van der Waals surface area contributed by atoms with Crippen molar-refractivity contribution in [2.24, 2.45) is 0 Å². The molecule has 2 rings (SSSR count). The molecule has 0 aliphatic heterocycles. The summed E-state index contributed by atoms with van der Waals surface area (Å²) in [7, 11) is 0. The molecule has 0 unspecified atom stereocenters. The smallest absolute Gasteiger partial charge is 0.227 e. The lowest BCUT2D eigenvalue weighted by molar-refractivity contribution is 0.614. The summed E-state index contributed by atoms with van der Waals surface area (Å²) in [5.74, 6) is -0.124. The second-order valence-corrected chi connectivity index (χ2v) is 2.34. The minimum Gasteiger partial charge on any atom is -0.321 e. The minimum atomic E-state index is -0.460. The Kier molecular flexibility index (Phi) is 1.87. The van der Waals surface area contributed by atoms with Crippen molar-refractivity contribution in [1.82, 2.24) is 20.2 Å². The fraction of sp³-hybridized carbons (Fsp3) is 0. The van der Waals surface area contributed by atoms with E-state index in [1.807, 2.05) is 0 Å². The van der Waals surface area contributed by atoms with Crippen LogP contribution in [0.5, 0.6) is 0 Å². The number of nitrogens with zero attached hydrogens (tertiary/aromatic N) is 3. The van der Waals surface area contributed by atoms with Gasteiger partial charge in [-0.1, -0.05) is 0 Å². The number of hydrogen-bond acceptors (Lipinski definition) is 4. The molecule has 6 heteroatoms. The van der Waals surface area contributed by atoms with E-state index in [2.05, 4.69) is 25.5 Å². The maximum absolute atomic E-state index is 12.4. The van der Waals surface area contributed by atoms with Gasteiger partial charge in [0, 0.05) is 6.20 Å². The van der Waals surface area contributed by atoms with Crippen LogP contribution in [0.3, 0.4) is 0 Å². The van der Waals surface area contributed by atoms with E-state index >= 15 is 0 Å². The van der Waals surface area contributed by atoms with E-state index in [1.54, 1.807) is 12.4 Å². The minimum absolute atomic E-state index is 0.336. The molecule has 0 saturated heterocycles. The van der Waals surface area contributed by atoms with Crippen LogP contribution < -0.4 is 5.32 Å². The van der Waals surface area contributed by atoms with Gasteiger partial charge in [0.05, 0.1) is 24.3 Å². The average Bonchev–Trinajstić information content (AvgIpc) is 2.62. The lowest BCUT2D eigenvalue weighted by Gasteiger charge is -1.98. The van der Waals surface area contributed by atoms with Crippen molar-refractivity contribution in [3.8, 4) is 0 Å². The highest BCUT2D eigenvalue weighted by Crippen LogP contribution is 2.08. The zero-order valence-corrected chi connectivity index (χ0v) is 6.53. The quantitative estimate of drug-likeness (QED) is 0.723. The molecule has 2 aromatic rings. The third-order valence-electron chi connectivity index (χ3n) is 1.37. The Bertz CT molecular complexity index is 368. The SMILES string of the molecule is Fc1cnc(Nc2cn[nH]c2)nc1. The molecule has 2 heterocycles. The first-order valence-corrected chi connectivity index (χ1v) is 3.58. The van der Waals surface area contributed by atoms with Crippen molar-refractivity contribution >= 4 is 11.6 Å². The van der Waals surface area contributed by atoms with Crippen LogP contribution in [0.4, 0.5) is 16.0 Å². The van der Waals surface area contributed by atoms with Crippen LogP contribution in [0.2, 0.25) is 0 Å². The van der Waals surface area contributed by atoms with Crippen LogP contribution in [-0.2, 0) is 0 Å². The Morgan fingerprint density at radius 3 is 2.62 bits per heavy atom. The maximum atomic E-state index is 12.4. The van der Waals surface area contributed by atoms with Gasteiger partial charge in [0.2, 0.25) is 5.95 Å². The summed E-state index contributed by atoms with van der Waals surface area (Å²) in [6.07, 6.45) is 5.41. The molecule has 66 valence electrons. The second-order valence-electron chi connectivity index (χ2n) is 2.34. The fourth-order valence-electron chi connectivity index (χ4n) is 0.825. The number of aromatic amines is 1. The van der Waals surface area contributed by atoms with Crippen molar-refractivity contribution in [2.45, 2.75) is 0 Å². The van der Waals surface area contributed by atoms with Gasteiger partial charge < -0.3 is 5.32 Å². The van der Waals surface area contributed by atoms with E-state index in [1.165, 1.54) is 0 Å². The van der Waals surface area contributed by atoms with Crippen molar-refractivity contribution in [2.75, 3.05) is 5.32 Å². The predicted octanol–water partition coefficient (Wildman–Crippen LogP) is 1.08. The summed E-state index contributed by atoms with van der Waals surface area (Å²) in [6, 6.07) is 0. The summed E-state index contributed by atoms with van der Waals surface area (Å²) in [6.45, 7) is 0.